The maximum atomic E-state index is 14.3. The molecule has 3 saturated heterocycles. The summed E-state index contributed by atoms with van der Waals surface area (Å²) >= 11 is 6.06. The fourth-order valence-electron chi connectivity index (χ4n) is 7.76. The van der Waals surface area contributed by atoms with Crippen molar-refractivity contribution in [1.29, 1.82) is 0 Å². The van der Waals surface area contributed by atoms with E-state index in [1.54, 1.807) is 36.4 Å². The number of nitrogens with two attached hydrogens (primary N) is 1. The molecule has 276 valence electrons. The molecule has 7 rings (SSSR count). The van der Waals surface area contributed by atoms with E-state index in [0.717, 1.165) is 55.0 Å². The number of aliphatic carboxylic acids is 1. The summed E-state index contributed by atoms with van der Waals surface area (Å²) < 4.78 is 74.2. The van der Waals surface area contributed by atoms with Crippen molar-refractivity contribution < 1.29 is 45.8 Å². The molecule has 0 aromatic heterocycles. The summed E-state index contributed by atoms with van der Waals surface area (Å²) in [5.74, 6) is -1.43. The highest BCUT2D eigenvalue weighted by Gasteiger charge is 2.49. The van der Waals surface area contributed by atoms with Crippen LogP contribution in [0, 0.1) is 0 Å². The first-order chi connectivity index (χ1) is 24.2. The number of carboxylic acid groups (broad SMARTS) is 1. The van der Waals surface area contributed by atoms with Gasteiger partial charge >= 0.3 is 12.1 Å². The van der Waals surface area contributed by atoms with Gasteiger partial charge in [-0.05, 0) is 117 Å². The molecule has 3 N–H and O–H groups in total. The van der Waals surface area contributed by atoms with Crippen molar-refractivity contribution in [3.05, 3.63) is 65.7 Å². The normalized spacial score (nSPS) is 25.7. The third kappa shape index (κ3) is 8.56. The Morgan fingerprint density at radius 3 is 2.00 bits per heavy atom. The maximum absolute atomic E-state index is 14.3. The van der Waals surface area contributed by atoms with Gasteiger partial charge in [-0.2, -0.15) is 17.5 Å². The van der Waals surface area contributed by atoms with Crippen LogP contribution in [0.25, 0.3) is 10.8 Å². The van der Waals surface area contributed by atoms with Crippen molar-refractivity contribution in [2.24, 2.45) is 5.73 Å². The van der Waals surface area contributed by atoms with Crippen molar-refractivity contribution in [3.8, 4) is 11.5 Å². The predicted molar refractivity (Wildman–Crippen MR) is 184 cm³/mol. The topological polar surface area (TPSA) is 139 Å². The first-order valence-electron chi connectivity index (χ1n) is 17.2. The van der Waals surface area contributed by atoms with Crippen LogP contribution in [-0.2, 0) is 19.6 Å². The van der Waals surface area contributed by atoms with Gasteiger partial charge in [0.1, 0.15) is 23.6 Å². The third-order valence-corrected chi connectivity index (χ3v) is 12.3. The zero-order chi connectivity index (χ0) is 36.5. The van der Waals surface area contributed by atoms with Gasteiger partial charge in [-0.1, -0.05) is 23.7 Å². The number of carbonyl (C=O) groups is 2. The number of carbonyl (C=O) groups excluding carboxylic acids is 1. The number of amides is 1. The number of piperidine rings is 2. The number of sulfonamides is 1. The smallest absolute Gasteiger partial charge is 0.490 e. The van der Waals surface area contributed by atoms with E-state index in [1.807, 2.05) is 29.2 Å². The summed E-state index contributed by atoms with van der Waals surface area (Å²) in [6.45, 7) is 0.186. The van der Waals surface area contributed by atoms with Crippen molar-refractivity contribution in [2.45, 2.75) is 112 Å². The van der Waals surface area contributed by atoms with Crippen molar-refractivity contribution in [3.63, 3.8) is 0 Å². The lowest BCUT2D eigenvalue weighted by atomic mass is 9.94. The van der Waals surface area contributed by atoms with E-state index in [2.05, 4.69) is 0 Å². The van der Waals surface area contributed by atoms with Crippen LogP contribution < -0.4 is 15.2 Å². The van der Waals surface area contributed by atoms with Gasteiger partial charge in [0.2, 0.25) is 15.9 Å². The number of carboxylic acids is 1. The van der Waals surface area contributed by atoms with Gasteiger partial charge in [0.15, 0.2) is 0 Å². The quantitative estimate of drug-likeness (QED) is 0.278. The molecule has 4 fully saturated rings. The van der Waals surface area contributed by atoms with Gasteiger partial charge in [-0.15, -0.1) is 0 Å². The van der Waals surface area contributed by atoms with E-state index in [4.69, 9.17) is 36.7 Å². The fraction of sp³-hybridized carbons (Fsp3) is 0.500. The summed E-state index contributed by atoms with van der Waals surface area (Å²) in [7, 11) is -3.99. The van der Waals surface area contributed by atoms with Crippen molar-refractivity contribution in [1.82, 2.24) is 9.21 Å². The SMILES string of the molecule is NC1CC2CCC(C1)N2C(=O)[C@@H]1C[C@H](Oc2ccc(Cl)cc2)CCN1S(=O)(=O)c1ccc2cc(OC3CCCC3)ccc2c1.O=C(O)C(F)(F)F. The van der Waals surface area contributed by atoms with Gasteiger partial charge in [0.05, 0.1) is 11.0 Å². The maximum Gasteiger partial charge on any atom is 0.490 e. The van der Waals surface area contributed by atoms with E-state index < -0.39 is 28.2 Å². The summed E-state index contributed by atoms with van der Waals surface area (Å²) in [5, 5.41) is 9.47. The molecule has 4 aliphatic rings. The summed E-state index contributed by atoms with van der Waals surface area (Å²) in [5.41, 5.74) is 6.30. The second-order valence-electron chi connectivity index (χ2n) is 13.7. The Bertz CT molecular complexity index is 1830. The van der Waals surface area contributed by atoms with E-state index in [1.165, 1.54) is 17.1 Å². The average molecular weight is 752 g/mol. The molecule has 15 heteroatoms. The molecule has 0 radical (unpaired) electrons. The molecular weight excluding hydrogens is 711 g/mol. The number of nitrogens with zero attached hydrogens (tertiary/aromatic N) is 2. The lowest BCUT2D eigenvalue weighted by Crippen LogP contribution is -2.60. The highest BCUT2D eigenvalue weighted by molar-refractivity contribution is 7.89. The fourth-order valence-corrected chi connectivity index (χ4v) is 9.53. The van der Waals surface area contributed by atoms with Gasteiger partial charge in [-0.25, -0.2) is 13.2 Å². The molecule has 10 nitrogen and oxygen atoms in total. The second-order valence-corrected chi connectivity index (χ2v) is 16.0. The number of fused-ring (bicyclic) bond motifs is 3. The molecule has 0 spiro atoms. The van der Waals surface area contributed by atoms with Gasteiger partial charge in [-0.3, -0.25) is 4.79 Å². The monoisotopic (exact) mass is 751 g/mol. The van der Waals surface area contributed by atoms with Gasteiger partial charge < -0.3 is 25.2 Å². The Morgan fingerprint density at radius 2 is 1.37 bits per heavy atom. The lowest BCUT2D eigenvalue weighted by molar-refractivity contribution is -0.192. The number of halogens is 4. The van der Waals surface area contributed by atoms with Gasteiger partial charge in [0.25, 0.3) is 0 Å². The average Bonchev–Trinajstić information content (AvgIpc) is 3.70. The first kappa shape index (κ1) is 37.2. The van der Waals surface area contributed by atoms with E-state index in [-0.39, 0.29) is 54.1 Å². The summed E-state index contributed by atoms with van der Waals surface area (Å²) in [6.07, 6.45) is 3.46. The van der Waals surface area contributed by atoms with E-state index >= 15 is 0 Å². The number of alkyl halides is 3. The Morgan fingerprint density at radius 1 is 0.804 bits per heavy atom. The van der Waals surface area contributed by atoms with E-state index in [0.29, 0.717) is 17.2 Å². The van der Waals surface area contributed by atoms with Crippen LogP contribution >= 0.6 is 11.6 Å². The number of ether oxygens (including phenoxy) is 2. The molecule has 1 aliphatic carbocycles. The molecule has 4 atom stereocenters. The zero-order valence-corrected chi connectivity index (χ0v) is 29.4. The second kappa shape index (κ2) is 15.2. The number of hydrogen-bond donors (Lipinski definition) is 2. The standard InChI is InChI=1S/C34H40ClN3O5S.C2HF3O2/c35-24-7-12-29(13-8-24)43-31-15-16-37(33(21-31)34(39)38-26-9-10-27(38)20-25(36)19-26)44(40,41)32-14-6-22-17-30(11-5-23(22)18-32)42-28-3-1-2-4-28;3-2(4,5)1(6)7/h5-8,11-14,17-18,25-28,31,33H,1-4,9-10,15-16,19-21,36H2;(H,6,7)/t25?,26?,27?,31-,33+;/m1./s1. The molecule has 3 heterocycles. The Labute approximate surface area is 299 Å². The zero-order valence-electron chi connectivity index (χ0n) is 27.8. The first-order valence-corrected chi connectivity index (χ1v) is 19.0. The van der Waals surface area contributed by atoms with Crippen LogP contribution in [0.15, 0.2) is 65.6 Å². The summed E-state index contributed by atoms with van der Waals surface area (Å²) in [6, 6.07) is 17.5. The highest BCUT2D eigenvalue weighted by Crippen LogP contribution is 2.39. The molecule has 3 aliphatic heterocycles. The molecule has 3 aromatic carbocycles. The third-order valence-electron chi connectivity index (χ3n) is 10.2. The molecule has 3 aromatic rings. The van der Waals surface area contributed by atoms with E-state index in [9.17, 15) is 26.4 Å². The molecule has 2 unspecified atom stereocenters. The van der Waals surface area contributed by atoms with Gasteiger partial charge in [0, 0.05) is 36.1 Å². The molecular formula is C36H41ClF3N3O7S. The van der Waals surface area contributed by atoms with Crippen LogP contribution in [0.1, 0.15) is 64.2 Å². The van der Waals surface area contributed by atoms with Crippen molar-refractivity contribution in [2.75, 3.05) is 6.54 Å². The minimum atomic E-state index is -5.08. The molecule has 2 bridgehead atoms. The van der Waals surface area contributed by atoms with Crippen LogP contribution in [0.2, 0.25) is 5.02 Å². The largest absolute Gasteiger partial charge is 0.490 e. The highest BCUT2D eigenvalue weighted by atomic mass is 35.5. The molecule has 1 saturated carbocycles. The number of rotatable bonds is 7. The van der Waals surface area contributed by atoms with Crippen molar-refractivity contribution >= 4 is 44.3 Å². The van der Waals surface area contributed by atoms with Crippen LogP contribution in [0.3, 0.4) is 0 Å². The summed E-state index contributed by atoms with van der Waals surface area (Å²) in [4.78, 5) is 25.4. The Hall–Kier alpha value is -3.59. The Kier molecular flexibility index (Phi) is 11.1. The number of hydrogen-bond acceptors (Lipinski definition) is 7. The predicted octanol–water partition coefficient (Wildman–Crippen LogP) is 6.53. The minimum absolute atomic E-state index is 0.0553. The molecule has 1 amide bonds. The minimum Gasteiger partial charge on any atom is -0.490 e. The van der Waals surface area contributed by atoms with Crippen LogP contribution in [0.5, 0.6) is 11.5 Å². The van der Waals surface area contributed by atoms with Crippen LogP contribution in [-0.4, -0.2) is 83.7 Å². The number of benzene rings is 3. The Balaban J connectivity index is 0.000000582. The lowest BCUT2D eigenvalue weighted by Gasteiger charge is -2.44. The van der Waals surface area contributed by atoms with Crippen LogP contribution in [0.4, 0.5) is 13.2 Å². The molecule has 51 heavy (non-hydrogen) atoms.